The summed E-state index contributed by atoms with van der Waals surface area (Å²) in [5.74, 6) is -0.0658. The number of rotatable bonds is 6. The van der Waals surface area contributed by atoms with Crippen molar-refractivity contribution in [2.24, 2.45) is 0 Å². The van der Waals surface area contributed by atoms with E-state index in [4.69, 9.17) is 0 Å². The van der Waals surface area contributed by atoms with E-state index >= 15 is 0 Å². The van der Waals surface area contributed by atoms with Crippen LogP contribution in [0.5, 0.6) is 0 Å². The fraction of sp³-hybridized carbons (Fsp3) is 0.500. The van der Waals surface area contributed by atoms with Gasteiger partial charge in [0.05, 0.1) is 11.4 Å². The molecule has 0 aromatic carbocycles. The quantitative estimate of drug-likeness (QED) is 0.820. The van der Waals surface area contributed by atoms with Crippen LogP contribution in [0, 0.1) is 20.8 Å². The Hall–Kier alpha value is -1.69. The molecule has 0 amide bonds. The Kier molecular flexibility index (Phi) is 5.01. The van der Waals surface area contributed by atoms with Gasteiger partial charge < -0.3 is 4.57 Å². The third-order valence-electron chi connectivity index (χ3n) is 3.72. The lowest BCUT2D eigenvalue weighted by atomic mass is 10.2. The van der Waals surface area contributed by atoms with E-state index < -0.39 is 9.84 Å². The summed E-state index contributed by atoms with van der Waals surface area (Å²) in [5.41, 5.74) is 3.35. The average molecular weight is 321 g/mol. The first-order valence-electron chi connectivity index (χ1n) is 7.52. The SMILES string of the molecule is CCCCn1c(S(=O)(=O)Cc2cncc(C)c2)nc(C)c1C. The number of aromatic nitrogens is 3. The molecule has 2 heterocycles. The van der Waals surface area contributed by atoms with Crippen LogP contribution < -0.4 is 0 Å². The van der Waals surface area contributed by atoms with Crippen molar-refractivity contribution in [1.29, 1.82) is 0 Å². The van der Waals surface area contributed by atoms with Crippen LogP contribution in [-0.2, 0) is 22.1 Å². The zero-order valence-electron chi connectivity index (χ0n) is 13.6. The van der Waals surface area contributed by atoms with Crippen LogP contribution >= 0.6 is 0 Å². The fourth-order valence-corrected chi connectivity index (χ4v) is 3.99. The van der Waals surface area contributed by atoms with Gasteiger partial charge in [-0.25, -0.2) is 13.4 Å². The highest BCUT2D eigenvalue weighted by atomic mass is 32.2. The van der Waals surface area contributed by atoms with Crippen molar-refractivity contribution in [2.45, 2.75) is 58.0 Å². The van der Waals surface area contributed by atoms with Crippen molar-refractivity contribution >= 4 is 9.84 Å². The number of aryl methyl sites for hydroxylation is 2. The molecular formula is C16H23N3O2S. The summed E-state index contributed by atoms with van der Waals surface area (Å²) < 4.78 is 27.3. The Morgan fingerprint density at radius 1 is 1.18 bits per heavy atom. The maximum Gasteiger partial charge on any atom is 0.228 e. The third-order valence-corrected chi connectivity index (χ3v) is 5.31. The molecule has 0 N–H and O–H groups in total. The molecule has 0 bridgehead atoms. The third kappa shape index (κ3) is 3.55. The highest BCUT2D eigenvalue weighted by Gasteiger charge is 2.24. The molecule has 2 aromatic rings. The summed E-state index contributed by atoms with van der Waals surface area (Å²) in [6, 6.07) is 1.85. The van der Waals surface area contributed by atoms with Gasteiger partial charge in [-0.15, -0.1) is 0 Å². The summed E-state index contributed by atoms with van der Waals surface area (Å²) in [4.78, 5) is 8.37. The lowest BCUT2D eigenvalue weighted by Gasteiger charge is -2.10. The minimum Gasteiger partial charge on any atom is -0.319 e. The van der Waals surface area contributed by atoms with E-state index in [1.165, 1.54) is 0 Å². The molecule has 0 aliphatic carbocycles. The highest BCUT2D eigenvalue weighted by molar-refractivity contribution is 7.90. The molecule has 22 heavy (non-hydrogen) atoms. The summed E-state index contributed by atoms with van der Waals surface area (Å²) >= 11 is 0. The Morgan fingerprint density at radius 2 is 1.91 bits per heavy atom. The minimum absolute atomic E-state index is 0.0658. The van der Waals surface area contributed by atoms with Crippen LogP contribution in [-0.4, -0.2) is 23.0 Å². The highest BCUT2D eigenvalue weighted by Crippen LogP contribution is 2.20. The molecule has 2 aromatic heterocycles. The summed E-state index contributed by atoms with van der Waals surface area (Å²) in [6.07, 6.45) is 5.26. The average Bonchev–Trinajstić information content (AvgIpc) is 2.73. The van der Waals surface area contributed by atoms with E-state index in [0.717, 1.165) is 29.8 Å². The zero-order chi connectivity index (χ0) is 16.3. The number of nitrogens with zero attached hydrogens (tertiary/aromatic N) is 3. The molecule has 6 heteroatoms. The van der Waals surface area contributed by atoms with Crippen molar-refractivity contribution in [3.8, 4) is 0 Å². The van der Waals surface area contributed by atoms with Crippen LogP contribution in [0.3, 0.4) is 0 Å². The number of hydrogen-bond acceptors (Lipinski definition) is 4. The molecule has 5 nitrogen and oxygen atoms in total. The van der Waals surface area contributed by atoms with Crippen molar-refractivity contribution < 1.29 is 8.42 Å². The monoisotopic (exact) mass is 321 g/mol. The number of sulfone groups is 1. The summed E-state index contributed by atoms with van der Waals surface area (Å²) in [5, 5.41) is 0.178. The van der Waals surface area contributed by atoms with Gasteiger partial charge in [-0.3, -0.25) is 4.98 Å². The molecular weight excluding hydrogens is 298 g/mol. The topological polar surface area (TPSA) is 64.8 Å². The van der Waals surface area contributed by atoms with Crippen LogP contribution in [0.25, 0.3) is 0 Å². The van der Waals surface area contributed by atoms with Gasteiger partial charge in [-0.05, 0) is 38.3 Å². The molecule has 0 fully saturated rings. The van der Waals surface area contributed by atoms with Gasteiger partial charge >= 0.3 is 0 Å². The van der Waals surface area contributed by atoms with Gasteiger partial charge in [0.1, 0.15) is 0 Å². The van der Waals surface area contributed by atoms with E-state index in [2.05, 4.69) is 16.9 Å². The Balaban J connectivity index is 2.39. The maximum absolute atomic E-state index is 12.8. The molecule has 0 saturated carbocycles. The van der Waals surface area contributed by atoms with Gasteiger partial charge in [0, 0.05) is 24.6 Å². The van der Waals surface area contributed by atoms with Crippen molar-refractivity contribution in [2.75, 3.05) is 0 Å². The number of hydrogen-bond donors (Lipinski definition) is 0. The van der Waals surface area contributed by atoms with Gasteiger partial charge in [0.2, 0.25) is 15.0 Å². The van der Waals surface area contributed by atoms with Crippen molar-refractivity contribution in [3.05, 3.63) is 41.0 Å². The Morgan fingerprint density at radius 3 is 2.55 bits per heavy atom. The van der Waals surface area contributed by atoms with Crippen molar-refractivity contribution in [3.63, 3.8) is 0 Å². The lowest BCUT2D eigenvalue weighted by Crippen LogP contribution is -2.14. The van der Waals surface area contributed by atoms with Gasteiger partial charge in [-0.2, -0.15) is 0 Å². The second-order valence-electron chi connectivity index (χ2n) is 5.70. The van der Waals surface area contributed by atoms with Gasteiger partial charge in [0.25, 0.3) is 0 Å². The second-order valence-corrected chi connectivity index (χ2v) is 7.58. The molecule has 0 aliphatic heterocycles. The molecule has 0 unspecified atom stereocenters. The predicted molar refractivity (Wildman–Crippen MR) is 86.5 cm³/mol. The van der Waals surface area contributed by atoms with E-state index in [9.17, 15) is 8.42 Å². The normalized spacial score (nSPS) is 11.8. The zero-order valence-corrected chi connectivity index (χ0v) is 14.4. The predicted octanol–water partition coefficient (Wildman–Crippen LogP) is 2.98. The largest absolute Gasteiger partial charge is 0.319 e. The summed E-state index contributed by atoms with van der Waals surface area (Å²) in [7, 11) is -3.48. The standard InChI is InChI=1S/C16H23N3O2S/c1-5-6-7-19-14(4)13(3)18-16(19)22(20,21)11-15-8-12(2)9-17-10-15/h8-10H,5-7,11H2,1-4H3. The lowest BCUT2D eigenvalue weighted by molar-refractivity contribution is 0.538. The minimum atomic E-state index is -3.48. The molecule has 0 atom stereocenters. The van der Waals surface area contributed by atoms with E-state index in [1.807, 2.05) is 31.4 Å². The molecule has 0 aliphatic rings. The van der Waals surface area contributed by atoms with Crippen molar-refractivity contribution in [1.82, 2.24) is 14.5 Å². The molecule has 120 valence electrons. The van der Waals surface area contributed by atoms with Crippen LogP contribution in [0.15, 0.2) is 23.6 Å². The van der Waals surface area contributed by atoms with Crippen LogP contribution in [0.1, 0.15) is 42.3 Å². The number of unbranched alkanes of at least 4 members (excludes halogenated alkanes) is 1. The first-order chi connectivity index (χ1) is 10.3. The number of imidazole rings is 1. The van der Waals surface area contributed by atoms with Gasteiger partial charge in [-0.1, -0.05) is 19.4 Å². The van der Waals surface area contributed by atoms with E-state index in [-0.39, 0.29) is 10.9 Å². The maximum atomic E-state index is 12.8. The second kappa shape index (κ2) is 6.60. The fourth-order valence-electron chi connectivity index (χ4n) is 2.42. The smallest absolute Gasteiger partial charge is 0.228 e. The van der Waals surface area contributed by atoms with Crippen LogP contribution in [0.4, 0.5) is 0 Å². The molecule has 2 rings (SSSR count). The Bertz CT molecular complexity index is 764. The summed E-state index contributed by atoms with van der Waals surface area (Å²) in [6.45, 7) is 8.45. The van der Waals surface area contributed by atoms with E-state index in [0.29, 0.717) is 12.1 Å². The first kappa shape index (κ1) is 16.7. The van der Waals surface area contributed by atoms with E-state index in [1.54, 1.807) is 12.4 Å². The molecule has 0 spiro atoms. The molecule has 0 saturated heterocycles. The number of pyridine rings is 1. The molecule has 0 radical (unpaired) electrons. The van der Waals surface area contributed by atoms with Crippen LogP contribution in [0.2, 0.25) is 0 Å². The van der Waals surface area contributed by atoms with Gasteiger partial charge in [0.15, 0.2) is 0 Å². The Labute approximate surface area is 132 Å². The first-order valence-corrected chi connectivity index (χ1v) is 9.17.